The van der Waals surface area contributed by atoms with Gasteiger partial charge in [0.25, 0.3) is 0 Å². The predicted octanol–water partition coefficient (Wildman–Crippen LogP) is 3.01. The standard InChI is InChI=1S/C20H26N4O/c1-15-5-2-3-6-16(15)13-20(25)24-11-4-7-17(10-12-24)23-18-8-9-19(21)22-14-18/h2-3,5-6,8-9,14,17,23H,4,7,10-13H2,1H3,(H2,21,22)/t17-/m0/s1. The first-order valence-corrected chi connectivity index (χ1v) is 8.92. The van der Waals surface area contributed by atoms with Crippen molar-refractivity contribution in [3.63, 3.8) is 0 Å². The van der Waals surface area contributed by atoms with E-state index in [1.807, 2.05) is 29.2 Å². The fourth-order valence-corrected chi connectivity index (χ4v) is 3.30. The van der Waals surface area contributed by atoms with Gasteiger partial charge in [-0.05, 0) is 49.4 Å². The SMILES string of the molecule is Cc1ccccc1CC(=O)N1CCC[C@H](Nc2ccc(N)nc2)CC1. The Morgan fingerprint density at radius 3 is 2.84 bits per heavy atom. The molecule has 0 spiro atoms. The van der Waals surface area contributed by atoms with Crippen LogP contribution in [0.3, 0.4) is 0 Å². The zero-order chi connectivity index (χ0) is 17.6. The molecule has 0 bridgehead atoms. The van der Waals surface area contributed by atoms with Gasteiger partial charge in [0.15, 0.2) is 0 Å². The number of nitrogens with two attached hydrogens (primary N) is 1. The highest BCUT2D eigenvalue weighted by molar-refractivity contribution is 5.79. The number of aryl methyl sites for hydroxylation is 1. The second-order valence-electron chi connectivity index (χ2n) is 6.73. The second kappa shape index (κ2) is 8.01. The molecule has 1 aliphatic rings. The lowest BCUT2D eigenvalue weighted by atomic mass is 10.1. The van der Waals surface area contributed by atoms with Gasteiger partial charge in [-0.3, -0.25) is 4.79 Å². The van der Waals surface area contributed by atoms with Crippen molar-refractivity contribution in [3.05, 3.63) is 53.7 Å². The summed E-state index contributed by atoms with van der Waals surface area (Å²) < 4.78 is 0. The molecule has 1 amide bonds. The summed E-state index contributed by atoms with van der Waals surface area (Å²) in [6.45, 7) is 3.69. The zero-order valence-corrected chi connectivity index (χ0v) is 14.7. The van der Waals surface area contributed by atoms with Crippen molar-refractivity contribution in [2.24, 2.45) is 0 Å². The Morgan fingerprint density at radius 2 is 2.08 bits per heavy atom. The highest BCUT2D eigenvalue weighted by Crippen LogP contribution is 2.18. The highest BCUT2D eigenvalue weighted by atomic mass is 16.2. The van der Waals surface area contributed by atoms with Crippen molar-refractivity contribution in [1.82, 2.24) is 9.88 Å². The van der Waals surface area contributed by atoms with Gasteiger partial charge in [-0.15, -0.1) is 0 Å². The van der Waals surface area contributed by atoms with E-state index in [1.54, 1.807) is 12.3 Å². The highest BCUT2D eigenvalue weighted by Gasteiger charge is 2.21. The Bertz CT molecular complexity index is 714. The molecule has 1 fully saturated rings. The van der Waals surface area contributed by atoms with Crippen molar-refractivity contribution in [2.45, 2.75) is 38.6 Å². The van der Waals surface area contributed by atoms with Gasteiger partial charge in [0.05, 0.1) is 18.3 Å². The summed E-state index contributed by atoms with van der Waals surface area (Å²) in [5.74, 6) is 0.753. The van der Waals surface area contributed by atoms with Gasteiger partial charge in [-0.1, -0.05) is 24.3 Å². The molecule has 1 aromatic heterocycles. The molecule has 1 saturated heterocycles. The number of aromatic nitrogens is 1. The lowest BCUT2D eigenvalue weighted by Crippen LogP contribution is -2.34. The van der Waals surface area contributed by atoms with Crippen LogP contribution in [0.5, 0.6) is 0 Å². The molecular weight excluding hydrogens is 312 g/mol. The second-order valence-corrected chi connectivity index (χ2v) is 6.73. The van der Waals surface area contributed by atoms with E-state index >= 15 is 0 Å². The Balaban J connectivity index is 1.55. The van der Waals surface area contributed by atoms with Gasteiger partial charge in [0.2, 0.25) is 5.91 Å². The third-order valence-corrected chi connectivity index (χ3v) is 4.84. The number of carbonyl (C=O) groups is 1. The number of anilines is 2. The monoisotopic (exact) mass is 338 g/mol. The van der Waals surface area contributed by atoms with Gasteiger partial charge < -0.3 is 16.0 Å². The number of carbonyl (C=O) groups excluding carboxylic acids is 1. The van der Waals surface area contributed by atoms with Crippen LogP contribution in [0.4, 0.5) is 11.5 Å². The molecule has 3 N–H and O–H groups in total. The average molecular weight is 338 g/mol. The lowest BCUT2D eigenvalue weighted by molar-refractivity contribution is -0.130. The topological polar surface area (TPSA) is 71.2 Å². The minimum Gasteiger partial charge on any atom is -0.384 e. The Kier molecular flexibility index (Phi) is 5.53. The number of hydrogen-bond donors (Lipinski definition) is 2. The Hall–Kier alpha value is -2.56. The van der Waals surface area contributed by atoms with Crippen molar-refractivity contribution in [3.8, 4) is 0 Å². The van der Waals surface area contributed by atoms with Crippen LogP contribution in [0.25, 0.3) is 0 Å². The molecule has 0 radical (unpaired) electrons. The zero-order valence-electron chi connectivity index (χ0n) is 14.7. The van der Waals surface area contributed by atoms with E-state index in [1.165, 1.54) is 5.56 Å². The van der Waals surface area contributed by atoms with Gasteiger partial charge in [0, 0.05) is 19.1 Å². The number of hydrogen-bond acceptors (Lipinski definition) is 4. The maximum absolute atomic E-state index is 12.7. The van der Waals surface area contributed by atoms with Gasteiger partial charge in [-0.25, -0.2) is 4.98 Å². The molecule has 5 nitrogen and oxygen atoms in total. The molecule has 5 heteroatoms. The fourth-order valence-electron chi connectivity index (χ4n) is 3.30. The first-order chi connectivity index (χ1) is 12.1. The van der Waals surface area contributed by atoms with Crippen LogP contribution < -0.4 is 11.1 Å². The summed E-state index contributed by atoms with van der Waals surface area (Å²) >= 11 is 0. The summed E-state index contributed by atoms with van der Waals surface area (Å²) in [5.41, 5.74) is 8.92. The van der Waals surface area contributed by atoms with Crippen molar-refractivity contribution >= 4 is 17.4 Å². The van der Waals surface area contributed by atoms with E-state index in [9.17, 15) is 4.79 Å². The van der Waals surface area contributed by atoms with Crippen LogP contribution in [0.2, 0.25) is 0 Å². The number of nitrogens with zero attached hydrogens (tertiary/aromatic N) is 2. The maximum atomic E-state index is 12.7. The van der Waals surface area contributed by atoms with E-state index in [2.05, 4.69) is 23.3 Å². The van der Waals surface area contributed by atoms with E-state index < -0.39 is 0 Å². The molecular formula is C20H26N4O. The number of rotatable bonds is 4. The first-order valence-electron chi connectivity index (χ1n) is 8.92. The van der Waals surface area contributed by atoms with Gasteiger partial charge in [0.1, 0.15) is 5.82 Å². The van der Waals surface area contributed by atoms with E-state index in [-0.39, 0.29) is 5.91 Å². The molecule has 2 heterocycles. The number of pyridine rings is 1. The average Bonchev–Trinajstić information content (AvgIpc) is 2.85. The van der Waals surface area contributed by atoms with Crippen LogP contribution in [-0.2, 0) is 11.2 Å². The third kappa shape index (κ3) is 4.72. The number of nitrogen functional groups attached to an aromatic ring is 1. The molecule has 1 atom stereocenters. The number of nitrogens with one attached hydrogen (secondary N) is 1. The third-order valence-electron chi connectivity index (χ3n) is 4.84. The minimum atomic E-state index is 0.226. The minimum absolute atomic E-state index is 0.226. The Labute approximate surface area is 149 Å². The summed E-state index contributed by atoms with van der Waals surface area (Å²) in [7, 11) is 0. The first kappa shape index (κ1) is 17.3. The van der Waals surface area contributed by atoms with Crippen LogP contribution >= 0.6 is 0 Å². The lowest BCUT2D eigenvalue weighted by Gasteiger charge is -2.21. The summed E-state index contributed by atoms with van der Waals surface area (Å²) in [5, 5.41) is 3.51. The fraction of sp³-hybridized carbons (Fsp3) is 0.400. The van der Waals surface area contributed by atoms with Crippen molar-refractivity contribution in [1.29, 1.82) is 0 Å². The maximum Gasteiger partial charge on any atom is 0.227 e. The van der Waals surface area contributed by atoms with E-state index in [0.29, 0.717) is 18.3 Å². The number of likely N-dealkylation sites (tertiary alicyclic amines) is 1. The quantitative estimate of drug-likeness (QED) is 0.899. The van der Waals surface area contributed by atoms with Crippen LogP contribution in [0, 0.1) is 6.92 Å². The summed E-state index contributed by atoms with van der Waals surface area (Å²) in [6, 6.07) is 12.2. The largest absolute Gasteiger partial charge is 0.384 e. The van der Waals surface area contributed by atoms with Crippen LogP contribution in [0.1, 0.15) is 30.4 Å². The Morgan fingerprint density at radius 1 is 1.24 bits per heavy atom. The summed E-state index contributed by atoms with van der Waals surface area (Å²) in [6.07, 6.45) is 5.27. The molecule has 25 heavy (non-hydrogen) atoms. The molecule has 0 aliphatic carbocycles. The number of benzene rings is 1. The van der Waals surface area contributed by atoms with Crippen LogP contribution in [-0.4, -0.2) is 34.9 Å². The molecule has 3 rings (SSSR count). The van der Waals surface area contributed by atoms with E-state index in [0.717, 1.165) is 43.6 Å². The predicted molar refractivity (Wildman–Crippen MR) is 101 cm³/mol. The molecule has 0 saturated carbocycles. The smallest absolute Gasteiger partial charge is 0.227 e. The molecule has 1 aromatic carbocycles. The molecule has 1 aliphatic heterocycles. The molecule has 2 aromatic rings. The van der Waals surface area contributed by atoms with Crippen LogP contribution in [0.15, 0.2) is 42.6 Å². The van der Waals surface area contributed by atoms with Gasteiger partial charge >= 0.3 is 0 Å². The van der Waals surface area contributed by atoms with Crippen molar-refractivity contribution in [2.75, 3.05) is 24.1 Å². The van der Waals surface area contributed by atoms with Crippen molar-refractivity contribution < 1.29 is 4.79 Å². The number of amides is 1. The normalized spacial score (nSPS) is 17.8. The molecule has 0 unspecified atom stereocenters. The molecule has 132 valence electrons. The van der Waals surface area contributed by atoms with Gasteiger partial charge in [-0.2, -0.15) is 0 Å². The summed E-state index contributed by atoms with van der Waals surface area (Å²) in [4.78, 5) is 18.8. The van der Waals surface area contributed by atoms with E-state index in [4.69, 9.17) is 5.73 Å².